The predicted octanol–water partition coefficient (Wildman–Crippen LogP) is -1.13. The van der Waals surface area contributed by atoms with Gasteiger partial charge in [-0.3, -0.25) is 9.59 Å². The van der Waals surface area contributed by atoms with E-state index in [0.29, 0.717) is 25.9 Å². The maximum absolute atomic E-state index is 11.1. The Bertz CT molecular complexity index is 430. The molecule has 0 radical (unpaired) electrons. The van der Waals surface area contributed by atoms with Crippen LogP contribution in [0.4, 0.5) is 0 Å². The molecule has 0 aromatic carbocycles. The third-order valence-corrected chi connectivity index (χ3v) is 3.91. The molecule has 1 saturated heterocycles. The van der Waals surface area contributed by atoms with Gasteiger partial charge in [0.05, 0.1) is 0 Å². The molecule has 0 saturated carbocycles. The number of carboxylic acids is 2. The van der Waals surface area contributed by atoms with Gasteiger partial charge in [0.15, 0.2) is 5.41 Å². The van der Waals surface area contributed by atoms with Crippen molar-refractivity contribution in [2.45, 2.75) is 26.7 Å². The number of phosphoric acid groups is 1. The summed E-state index contributed by atoms with van der Waals surface area (Å²) in [7, 11) is -4.64. The second-order valence-corrected chi connectivity index (χ2v) is 6.64. The van der Waals surface area contributed by atoms with Gasteiger partial charge in [0, 0.05) is 13.1 Å². The van der Waals surface area contributed by atoms with Crippen LogP contribution in [-0.4, -0.2) is 74.5 Å². The molecule has 9 N–H and O–H groups in total. The summed E-state index contributed by atoms with van der Waals surface area (Å²) < 4.78 is 8.88. The number of aliphatic carboxylic acids is 2. The third-order valence-electron chi connectivity index (χ3n) is 3.91. The van der Waals surface area contributed by atoms with E-state index in [2.05, 4.69) is 4.90 Å². The quantitative estimate of drug-likeness (QED) is 0.152. The number of nitrogens with zero attached hydrogens (tertiary/aromatic N) is 1. The van der Waals surface area contributed by atoms with E-state index in [0.717, 1.165) is 19.6 Å². The van der Waals surface area contributed by atoms with Crippen molar-refractivity contribution in [2.24, 2.45) is 22.8 Å². The van der Waals surface area contributed by atoms with Gasteiger partial charge >= 0.3 is 40.8 Å². The van der Waals surface area contributed by atoms with Crippen LogP contribution in [0.25, 0.3) is 0 Å². The standard InChI is InChI=1S/C11H19NO4.C2H8N2.H3O4P.Pt/c1-3-12-6-4-8(5-7-12)11(2,9(13)14)10(15)16;3-1-2-4;1-5(2,3)4;/h8H,3-7H2,1-2H3,(H,13,14)(H,15,16);1-4H2;(H3,1,2,3,4);/q;;;+2. The number of hydrogen-bond acceptors (Lipinski definition) is 6. The average Bonchev–Trinajstić information content (AvgIpc) is 2.52. The van der Waals surface area contributed by atoms with Crippen molar-refractivity contribution in [1.29, 1.82) is 0 Å². The minimum Gasteiger partial charge on any atom is -0.480 e. The molecule has 13 heteroatoms. The molecule has 11 nitrogen and oxygen atoms in total. The number of likely N-dealkylation sites (tertiary alicyclic amines) is 1. The van der Waals surface area contributed by atoms with Gasteiger partial charge in [-0.2, -0.15) is 0 Å². The Labute approximate surface area is 167 Å². The monoisotopic (exact) mass is 582 g/mol. The molecule has 1 fully saturated rings. The van der Waals surface area contributed by atoms with Crippen LogP contribution in [0.5, 0.6) is 0 Å². The third kappa shape index (κ3) is 12.9. The molecule has 0 atom stereocenters. The van der Waals surface area contributed by atoms with Gasteiger partial charge in [0.2, 0.25) is 0 Å². The van der Waals surface area contributed by atoms with E-state index in [-0.39, 0.29) is 27.0 Å². The van der Waals surface area contributed by atoms with Gasteiger partial charge in [-0.05, 0) is 45.3 Å². The Morgan fingerprint density at radius 3 is 1.58 bits per heavy atom. The maximum atomic E-state index is 11.1. The molecular formula is C13H30N3O8PPt+2. The van der Waals surface area contributed by atoms with Crippen molar-refractivity contribution in [2.75, 3.05) is 32.7 Å². The molecule has 1 heterocycles. The average molecular weight is 582 g/mol. The molecule has 0 aliphatic carbocycles. The molecule has 0 aromatic rings. The van der Waals surface area contributed by atoms with Crippen LogP contribution in [0.3, 0.4) is 0 Å². The zero-order valence-corrected chi connectivity index (χ0v) is 18.0. The van der Waals surface area contributed by atoms with Crippen LogP contribution in [0, 0.1) is 11.3 Å². The summed E-state index contributed by atoms with van der Waals surface area (Å²) in [5.41, 5.74) is 8.17. The van der Waals surface area contributed by atoms with Crippen molar-refractivity contribution in [1.82, 2.24) is 4.90 Å². The van der Waals surface area contributed by atoms with Crippen molar-refractivity contribution in [3.8, 4) is 0 Å². The SMILES string of the molecule is CCN1CCC(C(C)(C(=O)O)C(=O)O)CC1.NCCN.O=P(O)(O)O.[Pt+2]. The number of carbonyl (C=O) groups is 2. The van der Waals surface area contributed by atoms with Gasteiger partial charge in [-0.25, -0.2) is 4.57 Å². The van der Waals surface area contributed by atoms with E-state index >= 15 is 0 Å². The van der Waals surface area contributed by atoms with Gasteiger partial charge in [-0.15, -0.1) is 0 Å². The molecule has 0 unspecified atom stereocenters. The van der Waals surface area contributed by atoms with Crippen LogP contribution in [0.15, 0.2) is 0 Å². The summed E-state index contributed by atoms with van der Waals surface area (Å²) >= 11 is 0. The first-order valence-electron chi connectivity index (χ1n) is 7.72. The Kier molecular flexibility index (Phi) is 17.1. The zero-order chi connectivity index (χ0) is 20.3. The first-order chi connectivity index (χ1) is 11.3. The minimum absolute atomic E-state index is 0. The molecule has 1 aliphatic rings. The van der Waals surface area contributed by atoms with Gasteiger partial charge in [-0.1, -0.05) is 6.92 Å². The van der Waals surface area contributed by atoms with Crippen molar-refractivity contribution in [3.05, 3.63) is 0 Å². The topological polar surface area (TPSA) is 208 Å². The fourth-order valence-corrected chi connectivity index (χ4v) is 2.27. The summed E-state index contributed by atoms with van der Waals surface area (Å²) in [5.74, 6) is -2.73. The predicted molar refractivity (Wildman–Crippen MR) is 90.6 cm³/mol. The van der Waals surface area contributed by atoms with Crippen molar-refractivity contribution >= 4 is 19.8 Å². The molecule has 0 bridgehead atoms. The molecule has 26 heavy (non-hydrogen) atoms. The maximum Gasteiger partial charge on any atom is 2.00 e. The number of nitrogens with two attached hydrogens (primary N) is 2. The van der Waals surface area contributed by atoms with Crippen LogP contribution < -0.4 is 11.5 Å². The first-order valence-corrected chi connectivity index (χ1v) is 9.28. The molecule has 158 valence electrons. The van der Waals surface area contributed by atoms with Crippen LogP contribution in [-0.2, 0) is 35.2 Å². The zero-order valence-electron chi connectivity index (χ0n) is 14.9. The van der Waals surface area contributed by atoms with E-state index in [1.165, 1.54) is 6.92 Å². The van der Waals surface area contributed by atoms with E-state index < -0.39 is 25.2 Å². The Hall–Kier alpha value is -0.382. The summed E-state index contributed by atoms with van der Waals surface area (Å²) in [6.07, 6.45) is 1.28. The molecule has 1 rings (SSSR count). The number of carboxylic acid groups (broad SMARTS) is 2. The van der Waals surface area contributed by atoms with E-state index in [1.54, 1.807) is 0 Å². The fraction of sp³-hybridized carbons (Fsp3) is 0.846. The second kappa shape index (κ2) is 14.6. The smallest absolute Gasteiger partial charge is 0.480 e. The Balaban J connectivity index is -0.000000443. The van der Waals surface area contributed by atoms with Crippen LogP contribution >= 0.6 is 7.82 Å². The van der Waals surface area contributed by atoms with Crippen molar-refractivity contribution in [3.63, 3.8) is 0 Å². The summed E-state index contributed by atoms with van der Waals surface area (Å²) in [5, 5.41) is 18.2. The van der Waals surface area contributed by atoms with Gasteiger partial charge < -0.3 is 41.3 Å². The summed E-state index contributed by atoms with van der Waals surface area (Å²) in [4.78, 5) is 46.0. The van der Waals surface area contributed by atoms with Gasteiger partial charge in [0.25, 0.3) is 0 Å². The van der Waals surface area contributed by atoms with E-state index in [9.17, 15) is 9.59 Å². The Morgan fingerprint density at radius 2 is 1.38 bits per heavy atom. The van der Waals surface area contributed by atoms with Gasteiger partial charge in [0.1, 0.15) is 0 Å². The normalized spacial score (nSPS) is 15.5. The van der Waals surface area contributed by atoms with Crippen LogP contribution in [0.2, 0.25) is 0 Å². The summed E-state index contributed by atoms with van der Waals surface area (Å²) in [6.45, 7) is 7.08. The van der Waals surface area contributed by atoms with E-state index in [4.69, 9.17) is 40.9 Å². The Morgan fingerprint density at radius 1 is 1.08 bits per heavy atom. The first kappa shape index (κ1) is 30.3. The molecule has 0 spiro atoms. The van der Waals surface area contributed by atoms with Crippen molar-refractivity contribution < 1.29 is 60.1 Å². The van der Waals surface area contributed by atoms with E-state index in [1.807, 2.05) is 6.92 Å². The number of rotatable bonds is 5. The van der Waals surface area contributed by atoms with Crippen LogP contribution in [0.1, 0.15) is 26.7 Å². The number of piperidine rings is 1. The second-order valence-electron chi connectivity index (χ2n) is 5.61. The molecule has 0 amide bonds. The minimum atomic E-state index is -4.64. The largest absolute Gasteiger partial charge is 2.00 e. The summed E-state index contributed by atoms with van der Waals surface area (Å²) in [6, 6.07) is 0. The fourth-order valence-electron chi connectivity index (χ4n) is 2.27. The molecule has 0 aromatic heterocycles. The number of hydrogen-bond donors (Lipinski definition) is 7. The molecule has 1 aliphatic heterocycles. The molecular weight excluding hydrogens is 552 g/mol.